The van der Waals surface area contributed by atoms with Crippen molar-refractivity contribution >= 4 is 116 Å². The number of nitrogens with one attached hydrogen (secondary N) is 11. The third kappa shape index (κ3) is 29.0. The third-order valence-corrected chi connectivity index (χ3v) is 22.8. The Morgan fingerprint density at radius 1 is 0.543 bits per heavy atom. The minimum absolute atomic E-state index is 0.00984. The summed E-state index contributed by atoms with van der Waals surface area (Å²) >= 11 is 0. The number of rotatable bonds is 18. The van der Waals surface area contributed by atoms with Crippen LogP contribution in [0.5, 0.6) is 11.5 Å². The standard InChI is InChI=1S/C75H111N15O17S2.C2HF3O2/c1-10-43(8)62(63(76)95)87-69(101)51(33-41(4)5)81-68(100)54-37-61(94)77-28-12-11-16-49-64(96)82-52(35-45-20-24-47(92)25-21-45)66(98)80-50(32-40(2)3)65(97)86-56(70(102)83-54)38-108-109-39-57(78-44(9)91)74(106)90-31-15-19-60(90)75(107)89-30-14-18-59(89)72(104)84-53(36-46-22-26-48(93)27-23-46)67(99)85-55(34-42(6)7)73(105)88-29-13-17-58(88)71(103)79-49;3-2(4,5)1(6)7/h20-27,40-43,49-60,62,92-93H,10-19,28-39H2,1-9H3,(H2,76,95)(H,77,94)(H,78,91)(H,79,103)(H,80,98)(H,81,100)(H,82,96)(H,83,102)(H,84,104)(H,85,99)(H,86,97)(H,87,101);(H,6,7). The first-order valence-electron chi connectivity index (χ1n) is 39.2. The van der Waals surface area contributed by atoms with Crippen LogP contribution in [0.3, 0.4) is 0 Å². The van der Waals surface area contributed by atoms with E-state index in [0.29, 0.717) is 36.8 Å². The van der Waals surface area contributed by atoms with E-state index in [1.54, 1.807) is 53.7 Å². The summed E-state index contributed by atoms with van der Waals surface area (Å²) in [6, 6.07) is -6.07. The summed E-state index contributed by atoms with van der Waals surface area (Å²) in [6.07, 6.45) is -4.17. The van der Waals surface area contributed by atoms with Crippen LogP contribution < -0.4 is 64.2 Å². The second-order valence-electron chi connectivity index (χ2n) is 31.1. The number of carbonyl (C=O) groups excluding carboxylic acids is 15. The summed E-state index contributed by atoms with van der Waals surface area (Å²) in [7, 11) is 1.94. The van der Waals surface area contributed by atoms with E-state index in [2.05, 4.69) is 58.5 Å². The fraction of sp³-hybridized carbons (Fsp3) is 0.636. The maximum Gasteiger partial charge on any atom is 0.490 e. The van der Waals surface area contributed by atoms with E-state index in [1.165, 1.54) is 58.0 Å². The van der Waals surface area contributed by atoms with Crippen molar-refractivity contribution in [2.75, 3.05) is 37.7 Å². The lowest BCUT2D eigenvalue weighted by atomic mass is 9.97. The maximum atomic E-state index is 15.2. The lowest BCUT2D eigenvalue weighted by molar-refractivity contribution is -0.192. The number of aromatic hydroxyl groups is 2. The molecule has 15 amide bonds. The lowest BCUT2D eigenvalue weighted by Crippen LogP contribution is -2.61. The number of phenolic OH excluding ortho intramolecular Hbond substituents is 2. The zero-order chi connectivity index (χ0) is 86.0. The van der Waals surface area contributed by atoms with Crippen molar-refractivity contribution in [1.29, 1.82) is 0 Å². The maximum absolute atomic E-state index is 15.2. The van der Waals surface area contributed by atoms with E-state index in [0.717, 1.165) is 21.6 Å². The summed E-state index contributed by atoms with van der Waals surface area (Å²) in [5.74, 6) is -16.6. The number of phenols is 2. The highest BCUT2D eigenvalue weighted by molar-refractivity contribution is 8.76. The molecule has 0 aliphatic carbocycles. The Labute approximate surface area is 679 Å². The Balaban J connectivity index is 0.00000285. The van der Waals surface area contributed by atoms with Gasteiger partial charge in [-0.15, -0.1) is 0 Å². The smallest absolute Gasteiger partial charge is 0.490 e. The fourth-order valence-corrected chi connectivity index (χ4v) is 16.5. The molecule has 39 heteroatoms. The van der Waals surface area contributed by atoms with Crippen LogP contribution >= 0.6 is 21.6 Å². The van der Waals surface area contributed by atoms with Crippen LogP contribution in [0.2, 0.25) is 0 Å². The van der Waals surface area contributed by atoms with Gasteiger partial charge in [0, 0.05) is 57.5 Å². The van der Waals surface area contributed by atoms with Crippen molar-refractivity contribution in [2.45, 2.75) is 250 Å². The summed E-state index contributed by atoms with van der Waals surface area (Å²) in [5, 5.41) is 57.9. The summed E-state index contributed by atoms with van der Waals surface area (Å²) in [6.45, 7) is 15.6. The number of hydrogen-bond donors (Lipinski definition) is 15. The minimum Gasteiger partial charge on any atom is -0.508 e. The SMILES string of the molecule is CCC(C)C(NC(=O)C(CC(C)C)NC(=O)C1CC(=O)NCCCCC2NC(=O)C3CCCN3C(=O)C(CC(C)C)NC(=O)C(Cc3ccc(O)cc3)NC(=O)C3CCCN3C(=O)C3CCCN3C(=O)C(NC(C)=O)CSSCC(NC(=O)C(CC(C)C)NC(=O)C(Cc3ccc(O)cc3)NC2=O)C(=O)N1)C(N)=O.O=C(O)C(F)(F)F. The Morgan fingerprint density at radius 2 is 1.00 bits per heavy atom. The van der Waals surface area contributed by atoms with Crippen LogP contribution in [0.15, 0.2) is 48.5 Å². The average molecular weight is 1670 g/mol. The second-order valence-corrected chi connectivity index (χ2v) is 33.7. The Hall–Kier alpha value is -9.95. The molecule has 0 saturated carbocycles. The van der Waals surface area contributed by atoms with E-state index in [-0.39, 0.29) is 138 Å². The summed E-state index contributed by atoms with van der Waals surface area (Å²) in [5.41, 5.74) is 6.69. The number of aliphatic carboxylic acids is 1. The van der Waals surface area contributed by atoms with Gasteiger partial charge in [0.2, 0.25) is 88.6 Å². The molecule has 0 radical (unpaired) electrons. The topological polar surface area (TPSA) is 502 Å². The number of nitrogens with zero attached hydrogens (tertiary/aromatic N) is 3. The van der Waals surface area contributed by atoms with Gasteiger partial charge >= 0.3 is 12.1 Å². The van der Waals surface area contributed by atoms with Crippen LogP contribution in [0.4, 0.5) is 13.2 Å². The van der Waals surface area contributed by atoms with Crippen molar-refractivity contribution in [2.24, 2.45) is 29.4 Å². The molecule has 642 valence electrons. The molecule has 5 aliphatic heterocycles. The van der Waals surface area contributed by atoms with Gasteiger partial charge in [-0.05, 0) is 136 Å². The highest BCUT2D eigenvalue weighted by Crippen LogP contribution is 2.30. The molecule has 116 heavy (non-hydrogen) atoms. The van der Waals surface area contributed by atoms with E-state index in [9.17, 15) is 66.5 Å². The van der Waals surface area contributed by atoms with Gasteiger partial charge < -0.3 is 94.2 Å². The number of carboxylic acid groups (broad SMARTS) is 1. The van der Waals surface area contributed by atoms with Gasteiger partial charge in [-0.25, -0.2) is 4.79 Å². The van der Waals surface area contributed by atoms with Gasteiger partial charge in [0.1, 0.15) is 90.0 Å². The molecule has 0 spiro atoms. The number of benzene rings is 2. The number of carboxylic acids is 1. The van der Waals surface area contributed by atoms with Gasteiger partial charge in [-0.3, -0.25) is 71.9 Å². The molecule has 5 fully saturated rings. The highest BCUT2D eigenvalue weighted by atomic mass is 33.1. The van der Waals surface area contributed by atoms with E-state index < -0.39 is 192 Å². The van der Waals surface area contributed by atoms with Crippen LogP contribution in [0, 0.1) is 23.7 Å². The number of amides is 15. The fourth-order valence-electron chi connectivity index (χ4n) is 14.2. The summed E-state index contributed by atoms with van der Waals surface area (Å²) < 4.78 is 31.7. The number of fused-ring (bicyclic) bond motifs is 12. The van der Waals surface area contributed by atoms with Gasteiger partial charge in [-0.1, -0.05) is 108 Å². The first-order valence-corrected chi connectivity index (χ1v) is 41.7. The van der Waals surface area contributed by atoms with Crippen LogP contribution in [0.1, 0.15) is 163 Å². The van der Waals surface area contributed by atoms with Crippen molar-refractivity contribution < 1.29 is 105 Å². The number of carbonyl (C=O) groups is 16. The van der Waals surface area contributed by atoms with Crippen molar-refractivity contribution in [3.63, 3.8) is 0 Å². The molecule has 2 bridgehead atoms. The molecular formula is C77H112F3N15O19S2. The van der Waals surface area contributed by atoms with Gasteiger partial charge in [-0.2, -0.15) is 13.2 Å². The molecule has 7 rings (SSSR count). The molecule has 5 saturated heterocycles. The number of alkyl halides is 3. The van der Waals surface area contributed by atoms with Crippen LogP contribution in [0.25, 0.3) is 0 Å². The number of halogens is 3. The Morgan fingerprint density at radius 3 is 1.51 bits per heavy atom. The second kappa shape index (κ2) is 45.0. The summed E-state index contributed by atoms with van der Waals surface area (Å²) in [4.78, 5) is 232. The Kier molecular flexibility index (Phi) is 36.8. The van der Waals surface area contributed by atoms with Crippen molar-refractivity contribution in [1.82, 2.24) is 73.2 Å². The molecule has 2 aromatic rings. The lowest BCUT2D eigenvalue weighted by Gasteiger charge is -2.33. The molecule has 0 aromatic heterocycles. The molecule has 5 heterocycles. The molecule has 14 unspecified atom stereocenters. The van der Waals surface area contributed by atoms with Crippen LogP contribution in [-0.2, 0) is 89.6 Å². The zero-order valence-corrected chi connectivity index (χ0v) is 68.4. The normalized spacial score (nSPS) is 25.4. The van der Waals surface area contributed by atoms with Gasteiger partial charge in [0.25, 0.3) is 0 Å². The van der Waals surface area contributed by atoms with Crippen LogP contribution in [-0.4, -0.2) is 247 Å². The van der Waals surface area contributed by atoms with E-state index in [4.69, 9.17) is 15.6 Å². The van der Waals surface area contributed by atoms with E-state index >= 15 is 28.8 Å². The minimum atomic E-state index is -5.08. The predicted molar refractivity (Wildman–Crippen MR) is 420 cm³/mol. The highest BCUT2D eigenvalue weighted by Gasteiger charge is 2.47. The molecular weight excluding hydrogens is 1560 g/mol. The quantitative estimate of drug-likeness (QED) is 0.0734. The van der Waals surface area contributed by atoms with Crippen molar-refractivity contribution in [3.8, 4) is 11.5 Å². The number of nitrogens with two attached hydrogens (primary N) is 1. The largest absolute Gasteiger partial charge is 0.508 e. The average Bonchev–Trinajstić information content (AvgIpc) is 1.64. The van der Waals surface area contributed by atoms with Gasteiger partial charge in [0.15, 0.2) is 0 Å². The first-order chi connectivity index (χ1) is 54.6. The first kappa shape index (κ1) is 94.9. The number of hydrogen-bond acceptors (Lipinski definition) is 20. The molecule has 16 N–H and O–H groups in total. The Bertz CT molecular complexity index is 3830. The van der Waals surface area contributed by atoms with E-state index in [1.807, 2.05) is 13.8 Å². The number of primary amides is 1. The van der Waals surface area contributed by atoms with Crippen molar-refractivity contribution in [3.05, 3.63) is 59.7 Å². The van der Waals surface area contributed by atoms with Gasteiger partial charge in [0.05, 0.1) is 6.42 Å². The molecule has 2 aromatic carbocycles. The third-order valence-electron chi connectivity index (χ3n) is 20.3. The monoisotopic (exact) mass is 1670 g/mol. The molecule has 5 aliphatic rings. The molecule has 14 atom stereocenters. The zero-order valence-electron chi connectivity index (χ0n) is 66.7. The molecule has 34 nitrogen and oxygen atoms in total. The predicted octanol–water partition coefficient (Wildman–Crippen LogP) is 1.11.